The zero-order valence-corrected chi connectivity index (χ0v) is 14.3. The molecule has 1 fully saturated rings. The Bertz CT molecular complexity index is 709. The lowest BCUT2D eigenvalue weighted by atomic mass is 10.1. The zero-order valence-electron chi connectivity index (χ0n) is 12.8. The molecule has 0 unspecified atom stereocenters. The first kappa shape index (κ1) is 16.3. The van der Waals surface area contributed by atoms with Gasteiger partial charge in [-0.25, -0.2) is 0 Å². The predicted molar refractivity (Wildman–Crippen MR) is 88.9 cm³/mol. The smallest absolute Gasteiger partial charge is 0.255 e. The van der Waals surface area contributed by atoms with Crippen LogP contribution >= 0.6 is 23.2 Å². The van der Waals surface area contributed by atoms with E-state index in [4.69, 9.17) is 27.7 Å². The average Bonchev–Trinajstić information content (AvgIpc) is 2.92. The highest BCUT2D eigenvalue weighted by Crippen LogP contribution is 2.23. The molecule has 1 saturated heterocycles. The second-order valence-corrected chi connectivity index (χ2v) is 6.47. The van der Waals surface area contributed by atoms with Crippen LogP contribution < -0.4 is 0 Å². The summed E-state index contributed by atoms with van der Waals surface area (Å²) in [6, 6.07) is 6.89. The number of hydrogen-bond donors (Lipinski definition) is 0. The third-order valence-electron chi connectivity index (χ3n) is 3.88. The van der Waals surface area contributed by atoms with E-state index in [2.05, 4.69) is 10.1 Å². The van der Waals surface area contributed by atoms with E-state index in [0.717, 1.165) is 24.5 Å². The van der Waals surface area contributed by atoms with E-state index in [1.54, 1.807) is 18.2 Å². The van der Waals surface area contributed by atoms with E-state index in [1.807, 2.05) is 17.9 Å². The van der Waals surface area contributed by atoms with Gasteiger partial charge in [-0.1, -0.05) is 28.4 Å². The van der Waals surface area contributed by atoms with Crippen molar-refractivity contribution in [3.05, 3.63) is 51.3 Å². The highest BCUT2D eigenvalue weighted by atomic mass is 35.5. The SMILES string of the molecule is Cc1cc(CN2CCN(C(=O)c3ccc(Cl)cc3Cl)CC2)on1. The number of aryl methyl sites for hydroxylation is 1. The fourth-order valence-electron chi connectivity index (χ4n) is 2.65. The van der Waals surface area contributed by atoms with E-state index in [-0.39, 0.29) is 5.91 Å². The second kappa shape index (κ2) is 6.91. The van der Waals surface area contributed by atoms with Crippen LogP contribution in [0.15, 0.2) is 28.8 Å². The summed E-state index contributed by atoms with van der Waals surface area (Å²) in [4.78, 5) is 16.6. The molecule has 2 heterocycles. The van der Waals surface area contributed by atoms with Gasteiger partial charge in [0.05, 0.1) is 22.8 Å². The highest BCUT2D eigenvalue weighted by molar-refractivity contribution is 6.36. The number of aromatic nitrogens is 1. The third-order valence-corrected chi connectivity index (χ3v) is 4.43. The minimum atomic E-state index is -0.0539. The summed E-state index contributed by atoms with van der Waals surface area (Å²) in [6.45, 7) is 5.51. The number of piperazine rings is 1. The number of nitrogens with zero attached hydrogens (tertiary/aromatic N) is 3. The van der Waals surface area contributed by atoms with Gasteiger partial charge in [0.2, 0.25) is 0 Å². The van der Waals surface area contributed by atoms with Gasteiger partial charge in [0, 0.05) is 37.3 Å². The van der Waals surface area contributed by atoms with Crippen LogP contribution in [0.1, 0.15) is 21.8 Å². The summed E-state index contributed by atoms with van der Waals surface area (Å²) >= 11 is 12.0. The topological polar surface area (TPSA) is 49.6 Å². The molecular weight excluding hydrogens is 337 g/mol. The summed E-state index contributed by atoms with van der Waals surface area (Å²) in [5.41, 5.74) is 1.38. The van der Waals surface area contributed by atoms with E-state index < -0.39 is 0 Å². The molecule has 5 nitrogen and oxygen atoms in total. The molecule has 0 bridgehead atoms. The van der Waals surface area contributed by atoms with Gasteiger partial charge in [-0.3, -0.25) is 9.69 Å². The van der Waals surface area contributed by atoms with Crippen molar-refractivity contribution in [3.63, 3.8) is 0 Å². The molecule has 3 rings (SSSR count). The maximum atomic E-state index is 12.6. The van der Waals surface area contributed by atoms with Crippen molar-refractivity contribution in [2.75, 3.05) is 26.2 Å². The van der Waals surface area contributed by atoms with Gasteiger partial charge < -0.3 is 9.42 Å². The first-order valence-electron chi connectivity index (χ1n) is 7.42. The molecule has 1 amide bonds. The predicted octanol–water partition coefficient (Wildman–Crippen LogP) is 3.25. The molecule has 0 spiro atoms. The van der Waals surface area contributed by atoms with Gasteiger partial charge in [-0.15, -0.1) is 0 Å². The summed E-state index contributed by atoms with van der Waals surface area (Å²) in [5, 5.41) is 4.81. The maximum Gasteiger partial charge on any atom is 0.255 e. The first-order chi connectivity index (χ1) is 11.0. The van der Waals surface area contributed by atoms with Crippen LogP contribution in [0.2, 0.25) is 10.0 Å². The van der Waals surface area contributed by atoms with Gasteiger partial charge in [0.1, 0.15) is 0 Å². The van der Waals surface area contributed by atoms with Crippen molar-refractivity contribution in [1.29, 1.82) is 0 Å². The lowest BCUT2D eigenvalue weighted by Crippen LogP contribution is -2.48. The molecule has 0 aliphatic carbocycles. The number of rotatable bonds is 3. The van der Waals surface area contributed by atoms with Crippen LogP contribution in [-0.2, 0) is 6.54 Å². The molecular formula is C16H17Cl2N3O2. The van der Waals surface area contributed by atoms with Crippen molar-refractivity contribution < 1.29 is 9.32 Å². The van der Waals surface area contributed by atoms with Crippen LogP contribution in [-0.4, -0.2) is 47.0 Å². The normalized spacial score (nSPS) is 15.9. The number of amides is 1. The Morgan fingerprint density at radius 3 is 2.57 bits per heavy atom. The largest absolute Gasteiger partial charge is 0.360 e. The number of hydrogen-bond acceptors (Lipinski definition) is 4. The van der Waals surface area contributed by atoms with Gasteiger partial charge in [-0.05, 0) is 25.1 Å². The number of carbonyl (C=O) groups excluding carboxylic acids is 1. The van der Waals surface area contributed by atoms with Crippen LogP contribution in [0, 0.1) is 6.92 Å². The fraction of sp³-hybridized carbons (Fsp3) is 0.375. The molecule has 0 saturated carbocycles. The average molecular weight is 354 g/mol. The van der Waals surface area contributed by atoms with Gasteiger partial charge in [-0.2, -0.15) is 0 Å². The van der Waals surface area contributed by atoms with Crippen molar-refractivity contribution in [2.24, 2.45) is 0 Å². The lowest BCUT2D eigenvalue weighted by Gasteiger charge is -2.34. The van der Waals surface area contributed by atoms with Crippen LogP contribution in [0.5, 0.6) is 0 Å². The molecule has 0 N–H and O–H groups in total. The minimum absolute atomic E-state index is 0.0539. The van der Waals surface area contributed by atoms with Crippen molar-refractivity contribution >= 4 is 29.1 Å². The maximum absolute atomic E-state index is 12.6. The summed E-state index contributed by atoms with van der Waals surface area (Å²) in [6.07, 6.45) is 0. The summed E-state index contributed by atoms with van der Waals surface area (Å²) < 4.78 is 5.24. The molecule has 0 radical (unpaired) electrons. The zero-order chi connectivity index (χ0) is 16.4. The van der Waals surface area contributed by atoms with Crippen LogP contribution in [0.25, 0.3) is 0 Å². The molecule has 1 aliphatic rings. The molecule has 1 aliphatic heterocycles. The van der Waals surface area contributed by atoms with Crippen molar-refractivity contribution in [1.82, 2.24) is 15.0 Å². The Hall–Kier alpha value is -1.56. The fourth-order valence-corrected chi connectivity index (χ4v) is 3.14. The van der Waals surface area contributed by atoms with E-state index in [0.29, 0.717) is 35.2 Å². The molecule has 1 aromatic carbocycles. The molecule has 0 atom stereocenters. The van der Waals surface area contributed by atoms with Crippen LogP contribution in [0.3, 0.4) is 0 Å². The quantitative estimate of drug-likeness (QED) is 0.849. The van der Waals surface area contributed by atoms with Gasteiger partial charge in [0.25, 0.3) is 5.91 Å². The monoisotopic (exact) mass is 353 g/mol. The Kier molecular flexibility index (Phi) is 4.90. The lowest BCUT2D eigenvalue weighted by molar-refractivity contribution is 0.0617. The third kappa shape index (κ3) is 3.86. The molecule has 2 aromatic rings. The standard InChI is InChI=1S/C16H17Cl2N3O2/c1-11-8-13(23-19-11)10-20-4-6-21(7-5-20)16(22)14-3-2-12(17)9-15(14)18/h2-3,8-9H,4-7,10H2,1H3. The number of carbonyl (C=O) groups is 1. The molecule has 122 valence electrons. The molecule has 7 heteroatoms. The summed E-state index contributed by atoms with van der Waals surface area (Å²) in [5.74, 6) is 0.796. The second-order valence-electron chi connectivity index (χ2n) is 5.63. The highest BCUT2D eigenvalue weighted by Gasteiger charge is 2.24. The minimum Gasteiger partial charge on any atom is -0.360 e. The van der Waals surface area contributed by atoms with Crippen molar-refractivity contribution in [2.45, 2.75) is 13.5 Å². The van der Waals surface area contributed by atoms with Gasteiger partial charge >= 0.3 is 0 Å². The molecule has 23 heavy (non-hydrogen) atoms. The van der Waals surface area contributed by atoms with Crippen molar-refractivity contribution in [3.8, 4) is 0 Å². The van der Waals surface area contributed by atoms with E-state index in [1.165, 1.54) is 0 Å². The first-order valence-corrected chi connectivity index (χ1v) is 8.17. The van der Waals surface area contributed by atoms with E-state index >= 15 is 0 Å². The Labute approximate surface area is 144 Å². The number of halogens is 2. The van der Waals surface area contributed by atoms with Crippen LogP contribution in [0.4, 0.5) is 0 Å². The Morgan fingerprint density at radius 2 is 1.96 bits per heavy atom. The number of benzene rings is 1. The molecule has 1 aromatic heterocycles. The van der Waals surface area contributed by atoms with E-state index in [9.17, 15) is 4.79 Å². The summed E-state index contributed by atoms with van der Waals surface area (Å²) in [7, 11) is 0. The Morgan fingerprint density at radius 1 is 1.22 bits per heavy atom. The Balaban J connectivity index is 1.59. The van der Waals surface area contributed by atoms with Gasteiger partial charge in [0.15, 0.2) is 5.76 Å².